The standard InChI is InChI=1S/C18H27N3O3S/c1-17(2,3)25(24)19-15-13-7-5-6-8-14(13)20(4)18(15)9-11-21(12-10-18)16(22)23/h5-8,15,19H,9-12H2,1-4H3,(H,22,23)/t15-,25?/m1/s1. The largest absolute Gasteiger partial charge is 0.598 e. The number of piperidine rings is 1. The predicted octanol–water partition coefficient (Wildman–Crippen LogP) is 2.74. The number of likely N-dealkylation sites (tertiary alicyclic amines) is 1. The van der Waals surface area contributed by atoms with Crippen molar-refractivity contribution >= 4 is 23.1 Å². The minimum Gasteiger partial charge on any atom is -0.598 e. The molecule has 0 radical (unpaired) electrons. The lowest BCUT2D eigenvalue weighted by molar-refractivity contribution is 0.110. The summed E-state index contributed by atoms with van der Waals surface area (Å²) in [7, 11) is 2.07. The number of carbonyl (C=O) groups is 1. The van der Waals surface area contributed by atoms with Gasteiger partial charge < -0.3 is 19.5 Å². The first-order valence-electron chi connectivity index (χ1n) is 8.65. The summed E-state index contributed by atoms with van der Waals surface area (Å²) >= 11 is -1.20. The van der Waals surface area contributed by atoms with Crippen molar-refractivity contribution in [2.45, 2.75) is 49.9 Å². The van der Waals surface area contributed by atoms with Gasteiger partial charge in [0.1, 0.15) is 10.8 Å². The summed E-state index contributed by atoms with van der Waals surface area (Å²) in [5.74, 6) is 0. The van der Waals surface area contributed by atoms with Crippen LogP contribution in [0.1, 0.15) is 45.2 Å². The third-order valence-electron chi connectivity index (χ3n) is 5.50. The summed E-state index contributed by atoms with van der Waals surface area (Å²) in [6, 6.07) is 8.11. The highest BCUT2D eigenvalue weighted by atomic mass is 32.2. The van der Waals surface area contributed by atoms with Crippen LogP contribution in [0.5, 0.6) is 0 Å². The quantitative estimate of drug-likeness (QED) is 0.788. The second-order valence-corrected chi connectivity index (χ2v) is 9.92. The number of amides is 1. The van der Waals surface area contributed by atoms with Crippen LogP contribution in [0.4, 0.5) is 10.5 Å². The van der Waals surface area contributed by atoms with Gasteiger partial charge in [0.25, 0.3) is 0 Å². The molecule has 7 heteroatoms. The highest BCUT2D eigenvalue weighted by Gasteiger charge is 2.54. The lowest BCUT2D eigenvalue weighted by Crippen LogP contribution is -2.59. The van der Waals surface area contributed by atoms with Gasteiger partial charge in [-0.3, -0.25) is 0 Å². The van der Waals surface area contributed by atoms with Crippen molar-refractivity contribution in [2.75, 3.05) is 25.0 Å². The molecular formula is C18H27N3O3S. The van der Waals surface area contributed by atoms with E-state index in [2.05, 4.69) is 28.8 Å². The van der Waals surface area contributed by atoms with Gasteiger partial charge in [0.05, 0.1) is 5.54 Å². The molecule has 2 heterocycles. The number of carboxylic acid groups (broad SMARTS) is 1. The van der Waals surface area contributed by atoms with Crippen LogP contribution in [-0.4, -0.2) is 51.1 Å². The van der Waals surface area contributed by atoms with Gasteiger partial charge in [0, 0.05) is 37.2 Å². The van der Waals surface area contributed by atoms with Crippen LogP contribution in [0.3, 0.4) is 0 Å². The second-order valence-electron chi connectivity index (χ2n) is 7.92. The molecule has 1 unspecified atom stereocenters. The molecular weight excluding hydrogens is 338 g/mol. The van der Waals surface area contributed by atoms with Crippen LogP contribution in [0.2, 0.25) is 0 Å². The molecule has 6 nitrogen and oxygen atoms in total. The van der Waals surface area contributed by atoms with Crippen molar-refractivity contribution in [3.8, 4) is 0 Å². The SMILES string of the molecule is CN1c2ccccc2[C@@H](N[S+]([O-])C(C)(C)C)C12CCN(C(=O)O)CC2. The van der Waals surface area contributed by atoms with Crippen molar-refractivity contribution in [3.63, 3.8) is 0 Å². The van der Waals surface area contributed by atoms with Gasteiger partial charge in [-0.15, -0.1) is 4.72 Å². The molecule has 1 aromatic carbocycles. The normalized spacial score (nSPS) is 23.6. The molecule has 1 spiro atoms. The lowest BCUT2D eigenvalue weighted by Gasteiger charge is -2.47. The number of anilines is 1. The van der Waals surface area contributed by atoms with Crippen molar-refractivity contribution in [1.82, 2.24) is 9.62 Å². The smallest absolute Gasteiger partial charge is 0.407 e. The summed E-state index contributed by atoms with van der Waals surface area (Å²) in [4.78, 5) is 15.0. The molecule has 2 aliphatic rings. The van der Waals surface area contributed by atoms with Crippen LogP contribution >= 0.6 is 0 Å². The van der Waals surface area contributed by atoms with Crippen LogP contribution in [-0.2, 0) is 11.4 Å². The van der Waals surface area contributed by atoms with Crippen LogP contribution in [0.25, 0.3) is 0 Å². The number of nitrogens with one attached hydrogen (secondary N) is 1. The average Bonchev–Trinajstić information content (AvgIpc) is 2.78. The first-order valence-corrected chi connectivity index (χ1v) is 9.80. The topological polar surface area (TPSA) is 78.9 Å². The third kappa shape index (κ3) is 3.09. The van der Waals surface area contributed by atoms with E-state index in [1.54, 1.807) is 0 Å². The van der Waals surface area contributed by atoms with Gasteiger partial charge in [-0.2, -0.15) is 0 Å². The molecule has 0 bridgehead atoms. The Bertz CT molecular complexity index is 653. The van der Waals surface area contributed by atoms with E-state index in [0.29, 0.717) is 25.9 Å². The van der Waals surface area contributed by atoms with Gasteiger partial charge in [-0.1, -0.05) is 18.2 Å². The molecule has 1 saturated heterocycles. The van der Waals surface area contributed by atoms with Crippen molar-refractivity contribution in [3.05, 3.63) is 29.8 Å². The minimum atomic E-state index is -1.20. The molecule has 0 saturated carbocycles. The molecule has 2 atom stereocenters. The first kappa shape index (κ1) is 18.4. The maximum atomic E-state index is 12.8. The molecule has 1 amide bonds. The summed E-state index contributed by atoms with van der Waals surface area (Å²) in [6.45, 7) is 6.86. The number of hydrogen-bond acceptors (Lipinski definition) is 4. The zero-order chi connectivity index (χ0) is 18.4. The molecule has 2 N–H and O–H groups in total. The number of hydrogen-bond donors (Lipinski definition) is 2. The highest BCUT2D eigenvalue weighted by Crippen LogP contribution is 2.50. The Labute approximate surface area is 152 Å². The van der Waals surface area contributed by atoms with Crippen molar-refractivity contribution < 1.29 is 14.5 Å². The molecule has 2 aliphatic heterocycles. The number of para-hydroxylation sites is 1. The number of nitrogens with zero attached hydrogens (tertiary/aromatic N) is 2. The van der Waals surface area contributed by atoms with Gasteiger partial charge in [0.2, 0.25) is 0 Å². The maximum absolute atomic E-state index is 12.8. The molecule has 1 fully saturated rings. The molecule has 0 aliphatic carbocycles. The molecule has 138 valence electrons. The summed E-state index contributed by atoms with van der Waals surface area (Å²) in [6.07, 6.45) is 0.559. The third-order valence-corrected chi connectivity index (χ3v) is 7.06. The Kier molecular flexibility index (Phi) is 4.68. The monoisotopic (exact) mass is 365 g/mol. The van der Waals surface area contributed by atoms with Gasteiger partial charge in [-0.05, 0) is 45.2 Å². The van der Waals surface area contributed by atoms with E-state index in [9.17, 15) is 14.5 Å². The molecule has 1 aromatic rings. The Morgan fingerprint density at radius 3 is 2.48 bits per heavy atom. The highest BCUT2D eigenvalue weighted by molar-refractivity contribution is 7.90. The molecule has 0 aromatic heterocycles. The van der Waals surface area contributed by atoms with E-state index < -0.39 is 17.5 Å². The van der Waals surface area contributed by atoms with Gasteiger partial charge in [-0.25, -0.2) is 4.79 Å². The number of fused-ring (bicyclic) bond motifs is 1. The Hall–Kier alpha value is -1.44. The maximum Gasteiger partial charge on any atom is 0.407 e. The number of likely N-dealkylation sites (N-methyl/N-ethyl adjacent to an activating group) is 1. The average molecular weight is 365 g/mol. The van der Waals surface area contributed by atoms with E-state index in [1.165, 1.54) is 4.90 Å². The van der Waals surface area contributed by atoms with Crippen LogP contribution in [0, 0.1) is 0 Å². The van der Waals surface area contributed by atoms with E-state index in [0.717, 1.165) is 11.3 Å². The van der Waals surface area contributed by atoms with E-state index in [1.807, 2.05) is 32.9 Å². The fourth-order valence-electron chi connectivity index (χ4n) is 3.93. The number of benzene rings is 1. The van der Waals surface area contributed by atoms with Crippen LogP contribution in [0.15, 0.2) is 24.3 Å². The summed E-state index contributed by atoms with van der Waals surface area (Å²) in [5.41, 5.74) is 2.03. The summed E-state index contributed by atoms with van der Waals surface area (Å²) in [5, 5.41) is 9.28. The molecule has 3 rings (SSSR count). The van der Waals surface area contributed by atoms with Crippen LogP contribution < -0.4 is 9.62 Å². The summed E-state index contributed by atoms with van der Waals surface area (Å²) < 4.78 is 15.8. The zero-order valence-corrected chi connectivity index (χ0v) is 16.1. The Morgan fingerprint density at radius 1 is 1.32 bits per heavy atom. The Morgan fingerprint density at radius 2 is 1.92 bits per heavy atom. The second kappa shape index (κ2) is 6.37. The predicted molar refractivity (Wildman–Crippen MR) is 100 cm³/mol. The van der Waals surface area contributed by atoms with E-state index in [-0.39, 0.29) is 16.3 Å². The van der Waals surface area contributed by atoms with E-state index in [4.69, 9.17) is 0 Å². The minimum absolute atomic E-state index is 0.0790. The fraction of sp³-hybridized carbons (Fsp3) is 0.611. The molecule has 25 heavy (non-hydrogen) atoms. The lowest BCUT2D eigenvalue weighted by atomic mass is 9.80. The number of rotatable bonds is 2. The first-order chi connectivity index (χ1) is 11.7. The fourth-order valence-corrected chi connectivity index (χ4v) is 4.84. The Balaban J connectivity index is 1.94. The van der Waals surface area contributed by atoms with Crippen molar-refractivity contribution in [1.29, 1.82) is 0 Å². The van der Waals surface area contributed by atoms with Gasteiger partial charge in [0.15, 0.2) is 0 Å². The van der Waals surface area contributed by atoms with Gasteiger partial charge >= 0.3 is 6.09 Å². The van der Waals surface area contributed by atoms with E-state index >= 15 is 0 Å². The van der Waals surface area contributed by atoms with Crippen molar-refractivity contribution in [2.24, 2.45) is 0 Å². The zero-order valence-electron chi connectivity index (χ0n) is 15.3.